The van der Waals surface area contributed by atoms with E-state index in [9.17, 15) is 4.79 Å². The number of imidazole rings is 1. The van der Waals surface area contributed by atoms with Crippen LogP contribution in [0.15, 0.2) is 24.5 Å². The monoisotopic (exact) mass is 205 g/mol. The summed E-state index contributed by atoms with van der Waals surface area (Å²) in [5.74, 6) is -0.934. The van der Waals surface area contributed by atoms with Gasteiger partial charge < -0.3 is 10.1 Å². The lowest BCUT2D eigenvalue weighted by molar-refractivity contribution is 0.0697. The Morgan fingerprint density at radius 2 is 2.20 bits per heavy atom. The van der Waals surface area contributed by atoms with Crippen LogP contribution in [0.3, 0.4) is 0 Å². The highest BCUT2D eigenvalue weighted by Crippen LogP contribution is 2.14. The number of nitrogens with zero attached hydrogens (tertiary/aromatic N) is 3. The van der Waals surface area contributed by atoms with E-state index in [2.05, 4.69) is 4.98 Å². The van der Waals surface area contributed by atoms with Gasteiger partial charge in [0.05, 0.1) is 16.6 Å². The van der Waals surface area contributed by atoms with Crippen LogP contribution < -0.4 is 5.01 Å². The number of hydrogen-bond donors (Lipinski definition) is 1. The van der Waals surface area contributed by atoms with Crippen LogP contribution in [0.4, 0.5) is 0 Å². The van der Waals surface area contributed by atoms with Crippen LogP contribution in [-0.2, 0) is 0 Å². The molecule has 78 valence electrons. The molecule has 0 spiro atoms. The predicted octanol–water partition coefficient (Wildman–Crippen LogP) is 0.932. The maximum absolute atomic E-state index is 10.7. The first-order chi connectivity index (χ1) is 7.09. The van der Waals surface area contributed by atoms with Crippen LogP contribution in [0.5, 0.6) is 0 Å². The Bertz CT molecular complexity index is 516. The number of fused-ring (bicyclic) bond motifs is 1. The molecular formula is C10H11N3O2. The summed E-state index contributed by atoms with van der Waals surface area (Å²) in [5, 5.41) is 10.7. The fourth-order valence-electron chi connectivity index (χ4n) is 1.45. The van der Waals surface area contributed by atoms with E-state index in [0.717, 1.165) is 5.52 Å². The summed E-state index contributed by atoms with van der Waals surface area (Å²) < 4.78 is 1.85. The Balaban J connectivity index is 2.61. The molecule has 2 aromatic rings. The molecule has 0 saturated heterocycles. The van der Waals surface area contributed by atoms with E-state index in [1.54, 1.807) is 24.5 Å². The third-order valence-electron chi connectivity index (χ3n) is 2.21. The molecule has 2 rings (SSSR count). The van der Waals surface area contributed by atoms with Crippen LogP contribution in [0.2, 0.25) is 0 Å². The minimum Gasteiger partial charge on any atom is -0.478 e. The fourth-order valence-corrected chi connectivity index (χ4v) is 1.45. The SMILES string of the molecule is CN(C)n1cnc2cc(C(=O)O)ccc21. The zero-order valence-corrected chi connectivity index (χ0v) is 8.51. The number of carboxylic acid groups (broad SMARTS) is 1. The maximum atomic E-state index is 10.7. The zero-order chi connectivity index (χ0) is 11.0. The van der Waals surface area contributed by atoms with E-state index >= 15 is 0 Å². The molecule has 0 aliphatic heterocycles. The Hall–Kier alpha value is -2.04. The number of carboxylic acids is 1. The molecule has 1 heterocycles. The zero-order valence-electron chi connectivity index (χ0n) is 8.51. The van der Waals surface area contributed by atoms with Gasteiger partial charge in [-0.25, -0.2) is 14.5 Å². The second-order valence-corrected chi connectivity index (χ2v) is 3.44. The van der Waals surface area contributed by atoms with Gasteiger partial charge in [-0.2, -0.15) is 0 Å². The first-order valence-electron chi connectivity index (χ1n) is 4.47. The van der Waals surface area contributed by atoms with Gasteiger partial charge in [-0.05, 0) is 18.2 Å². The van der Waals surface area contributed by atoms with Gasteiger partial charge in [0.1, 0.15) is 6.33 Å². The lowest BCUT2D eigenvalue weighted by atomic mass is 10.2. The van der Waals surface area contributed by atoms with Crippen molar-refractivity contribution < 1.29 is 9.90 Å². The van der Waals surface area contributed by atoms with E-state index in [4.69, 9.17) is 5.11 Å². The highest BCUT2D eigenvalue weighted by atomic mass is 16.4. The number of aromatic nitrogens is 2. The van der Waals surface area contributed by atoms with Gasteiger partial charge >= 0.3 is 5.97 Å². The predicted molar refractivity (Wildman–Crippen MR) is 56.8 cm³/mol. The summed E-state index contributed by atoms with van der Waals surface area (Å²) in [6.45, 7) is 0. The molecule has 0 fully saturated rings. The minimum atomic E-state index is -0.934. The summed E-state index contributed by atoms with van der Waals surface area (Å²) >= 11 is 0. The van der Waals surface area contributed by atoms with Crippen molar-refractivity contribution in [2.24, 2.45) is 0 Å². The molecule has 1 aromatic heterocycles. The molecule has 0 amide bonds. The number of carbonyl (C=O) groups is 1. The molecule has 5 nitrogen and oxygen atoms in total. The van der Waals surface area contributed by atoms with Crippen molar-refractivity contribution in [2.75, 3.05) is 19.1 Å². The van der Waals surface area contributed by atoms with Crippen molar-refractivity contribution in [1.82, 2.24) is 9.66 Å². The van der Waals surface area contributed by atoms with Crippen molar-refractivity contribution in [1.29, 1.82) is 0 Å². The van der Waals surface area contributed by atoms with Crippen LogP contribution in [0, 0.1) is 0 Å². The van der Waals surface area contributed by atoms with E-state index in [1.807, 2.05) is 23.8 Å². The summed E-state index contributed by atoms with van der Waals surface area (Å²) in [4.78, 5) is 14.9. The van der Waals surface area contributed by atoms with Gasteiger partial charge in [-0.15, -0.1) is 0 Å². The van der Waals surface area contributed by atoms with Gasteiger partial charge in [-0.1, -0.05) is 0 Å². The second kappa shape index (κ2) is 3.27. The number of hydrogen-bond acceptors (Lipinski definition) is 3. The van der Waals surface area contributed by atoms with Crippen LogP contribution >= 0.6 is 0 Å². The molecule has 5 heteroatoms. The standard InChI is InChI=1S/C10H11N3O2/c1-12(2)13-6-11-8-5-7(10(14)15)3-4-9(8)13/h3-6H,1-2H3,(H,14,15). The molecule has 1 N–H and O–H groups in total. The Morgan fingerprint density at radius 1 is 1.47 bits per heavy atom. The summed E-state index contributed by atoms with van der Waals surface area (Å²) in [6, 6.07) is 4.90. The molecule has 0 aliphatic carbocycles. The smallest absolute Gasteiger partial charge is 0.335 e. The Morgan fingerprint density at radius 3 is 2.80 bits per heavy atom. The third kappa shape index (κ3) is 1.52. The topological polar surface area (TPSA) is 58.4 Å². The maximum Gasteiger partial charge on any atom is 0.335 e. The van der Waals surface area contributed by atoms with Crippen molar-refractivity contribution in [2.45, 2.75) is 0 Å². The van der Waals surface area contributed by atoms with E-state index in [-0.39, 0.29) is 5.56 Å². The molecule has 0 unspecified atom stereocenters. The first-order valence-corrected chi connectivity index (χ1v) is 4.47. The van der Waals surface area contributed by atoms with Crippen molar-refractivity contribution in [3.8, 4) is 0 Å². The summed E-state index contributed by atoms with van der Waals surface area (Å²) in [5.41, 5.74) is 1.83. The van der Waals surface area contributed by atoms with Crippen molar-refractivity contribution >= 4 is 17.0 Å². The quantitative estimate of drug-likeness (QED) is 0.792. The largest absolute Gasteiger partial charge is 0.478 e. The fraction of sp³-hybridized carbons (Fsp3) is 0.200. The lowest BCUT2D eigenvalue weighted by Gasteiger charge is -2.14. The highest BCUT2D eigenvalue weighted by molar-refractivity contribution is 5.92. The molecule has 1 aromatic carbocycles. The van der Waals surface area contributed by atoms with Gasteiger partial charge in [0.2, 0.25) is 0 Å². The van der Waals surface area contributed by atoms with Gasteiger partial charge in [0.15, 0.2) is 0 Å². The number of rotatable bonds is 2. The molecule has 0 bridgehead atoms. The minimum absolute atomic E-state index is 0.256. The van der Waals surface area contributed by atoms with Crippen molar-refractivity contribution in [3.63, 3.8) is 0 Å². The number of benzene rings is 1. The molecule has 0 aliphatic rings. The van der Waals surface area contributed by atoms with Crippen LogP contribution in [0.25, 0.3) is 11.0 Å². The average Bonchev–Trinajstić information content (AvgIpc) is 2.59. The second-order valence-electron chi connectivity index (χ2n) is 3.44. The van der Waals surface area contributed by atoms with E-state index in [0.29, 0.717) is 5.52 Å². The highest BCUT2D eigenvalue weighted by Gasteiger charge is 2.07. The lowest BCUT2D eigenvalue weighted by Crippen LogP contribution is -2.23. The van der Waals surface area contributed by atoms with Crippen LogP contribution in [-0.4, -0.2) is 34.8 Å². The van der Waals surface area contributed by atoms with Gasteiger partial charge in [0.25, 0.3) is 0 Å². The van der Waals surface area contributed by atoms with Gasteiger partial charge in [0, 0.05) is 14.1 Å². The number of aromatic carboxylic acids is 1. The normalized spacial score (nSPS) is 10.5. The Labute approximate surface area is 86.5 Å². The molecular weight excluding hydrogens is 194 g/mol. The third-order valence-corrected chi connectivity index (χ3v) is 2.21. The summed E-state index contributed by atoms with van der Waals surface area (Å²) in [7, 11) is 3.79. The van der Waals surface area contributed by atoms with Crippen molar-refractivity contribution in [3.05, 3.63) is 30.1 Å². The van der Waals surface area contributed by atoms with E-state index < -0.39 is 5.97 Å². The molecule has 15 heavy (non-hydrogen) atoms. The van der Waals surface area contributed by atoms with Crippen LogP contribution in [0.1, 0.15) is 10.4 Å². The Kier molecular flexibility index (Phi) is 2.07. The van der Waals surface area contributed by atoms with Gasteiger partial charge in [-0.3, -0.25) is 0 Å². The first kappa shape index (κ1) is 9.51. The molecule has 0 radical (unpaired) electrons. The molecule has 0 saturated carbocycles. The average molecular weight is 205 g/mol. The summed E-state index contributed by atoms with van der Waals surface area (Å²) in [6.07, 6.45) is 1.66. The van der Waals surface area contributed by atoms with E-state index in [1.165, 1.54) is 0 Å². The molecule has 0 atom stereocenters.